The van der Waals surface area contributed by atoms with Gasteiger partial charge in [0.1, 0.15) is 0 Å². The summed E-state index contributed by atoms with van der Waals surface area (Å²) >= 11 is 0. The van der Waals surface area contributed by atoms with E-state index in [9.17, 15) is 4.79 Å². The second kappa shape index (κ2) is 8.57. The lowest BCUT2D eigenvalue weighted by Gasteiger charge is -2.14. The predicted octanol–water partition coefficient (Wildman–Crippen LogP) is 2.81. The number of carbonyl (C=O) groups is 1. The van der Waals surface area contributed by atoms with Gasteiger partial charge in [0.2, 0.25) is 5.75 Å². The van der Waals surface area contributed by atoms with Gasteiger partial charge >= 0.3 is 6.09 Å². The van der Waals surface area contributed by atoms with Crippen LogP contribution in [0.4, 0.5) is 22.1 Å². The first-order valence-corrected chi connectivity index (χ1v) is 7.45. The molecule has 1 amide bonds. The first kappa shape index (κ1) is 18.1. The Balaban J connectivity index is 2.15. The van der Waals surface area contributed by atoms with Gasteiger partial charge in [0, 0.05) is 17.8 Å². The number of amides is 1. The van der Waals surface area contributed by atoms with E-state index in [0.29, 0.717) is 28.8 Å². The predicted molar refractivity (Wildman–Crippen MR) is 92.1 cm³/mol. The molecular weight excluding hydrogens is 328 g/mol. The van der Waals surface area contributed by atoms with Crippen LogP contribution in [-0.4, -0.2) is 44.2 Å². The van der Waals surface area contributed by atoms with Crippen molar-refractivity contribution in [1.29, 1.82) is 0 Å². The molecule has 1 aromatic carbocycles. The summed E-state index contributed by atoms with van der Waals surface area (Å²) in [6, 6.07) is 6.75. The Morgan fingerprint density at radius 1 is 1.00 bits per heavy atom. The van der Waals surface area contributed by atoms with E-state index in [1.807, 2.05) is 0 Å². The highest BCUT2D eigenvalue weighted by Gasteiger charge is 2.13. The zero-order valence-corrected chi connectivity index (χ0v) is 14.5. The molecule has 0 aliphatic carbocycles. The first-order chi connectivity index (χ1) is 12.1. The van der Waals surface area contributed by atoms with Gasteiger partial charge in [-0.2, -0.15) is 0 Å². The van der Waals surface area contributed by atoms with Crippen LogP contribution in [0.15, 0.2) is 24.3 Å². The summed E-state index contributed by atoms with van der Waals surface area (Å²) in [5.74, 6) is 2.28. The highest BCUT2D eigenvalue weighted by molar-refractivity contribution is 5.83. The molecule has 0 spiro atoms. The third-order valence-corrected chi connectivity index (χ3v) is 3.11. The van der Waals surface area contributed by atoms with Gasteiger partial charge in [0.05, 0.1) is 27.9 Å². The summed E-state index contributed by atoms with van der Waals surface area (Å²) in [4.78, 5) is 11.3. The highest BCUT2D eigenvalue weighted by atomic mass is 16.5. The summed E-state index contributed by atoms with van der Waals surface area (Å²) in [6.45, 7) is 2.00. The number of nitrogens with one attached hydrogen (secondary N) is 2. The maximum absolute atomic E-state index is 11.3. The molecule has 1 aromatic heterocycles. The number of carbonyl (C=O) groups excluding carboxylic acids is 1. The number of benzene rings is 1. The summed E-state index contributed by atoms with van der Waals surface area (Å²) in [5.41, 5.74) is 0.676. The number of methoxy groups -OCH3 is 3. The molecule has 0 fully saturated rings. The van der Waals surface area contributed by atoms with E-state index < -0.39 is 6.09 Å². The molecule has 9 heteroatoms. The fraction of sp³-hybridized carbons (Fsp3) is 0.312. The van der Waals surface area contributed by atoms with Crippen LogP contribution in [-0.2, 0) is 4.74 Å². The SMILES string of the molecule is CCOC(=O)Nc1ccc(Nc2cc(OC)c(OC)c(OC)c2)nn1. The monoisotopic (exact) mass is 348 g/mol. The molecule has 0 saturated carbocycles. The molecule has 0 atom stereocenters. The average molecular weight is 348 g/mol. The van der Waals surface area contributed by atoms with Crippen molar-refractivity contribution in [2.45, 2.75) is 6.92 Å². The minimum atomic E-state index is -0.581. The van der Waals surface area contributed by atoms with Gasteiger partial charge in [-0.25, -0.2) is 4.79 Å². The molecule has 0 aliphatic rings. The van der Waals surface area contributed by atoms with E-state index in [4.69, 9.17) is 18.9 Å². The minimum absolute atomic E-state index is 0.278. The lowest BCUT2D eigenvalue weighted by Crippen LogP contribution is -2.14. The normalized spacial score (nSPS) is 9.92. The van der Waals surface area contributed by atoms with Crippen molar-refractivity contribution in [3.8, 4) is 17.2 Å². The number of ether oxygens (including phenoxy) is 4. The molecule has 0 unspecified atom stereocenters. The van der Waals surface area contributed by atoms with Crippen LogP contribution in [0, 0.1) is 0 Å². The Morgan fingerprint density at radius 3 is 2.08 bits per heavy atom. The van der Waals surface area contributed by atoms with Crippen LogP contribution in [0.1, 0.15) is 6.92 Å². The van der Waals surface area contributed by atoms with Crippen LogP contribution >= 0.6 is 0 Å². The number of hydrogen-bond donors (Lipinski definition) is 2. The van der Waals surface area contributed by atoms with Crippen LogP contribution < -0.4 is 24.8 Å². The second-order valence-corrected chi connectivity index (χ2v) is 4.69. The van der Waals surface area contributed by atoms with Crippen molar-refractivity contribution < 1.29 is 23.7 Å². The summed E-state index contributed by atoms with van der Waals surface area (Å²) in [7, 11) is 4.61. The maximum Gasteiger partial charge on any atom is 0.412 e. The summed E-state index contributed by atoms with van der Waals surface area (Å²) in [5, 5.41) is 13.4. The smallest absolute Gasteiger partial charge is 0.412 e. The molecule has 0 saturated heterocycles. The van der Waals surface area contributed by atoms with E-state index >= 15 is 0 Å². The third kappa shape index (κ3) is 4.63. The van der Waals surface area contributed by atoms with Crippen LogP contribution in [0.25, 0.3) is 0 Å². The van der Waals surface area contributed by atoms with E-state index in [0.717, 1.165) is 0 Å². The van der Waals surface area contributed by atoms with Gasteiger partial charge in [-0.05, 0) is 19.1 Å². The fourth-order valence-corrected chi connectivity index (χ4v) is 2.04. The Hall–Kier alpha value is -3.23. The molecule has 2 N–H and O–H groups in total. The van der Waals surface area contributed by atoms with Crippen LogP contribution in [0.3, 0.4) is 0 Å². The van der Waals surface area contributed by atoms with Crippen molar-refractivity contribution in [2.75, 3.05) is 38.6 Å². The van der Waals surface area contributed by atoms with Gasteiger partial charge in [0.15, 0.2) is 23.1 Å². The lowest BCUT2D eigenvalue weighted by molar-refractivity contribution is 0.168. The number of rotatable bonds is 7. The molecule has 9 nitrogen and oxygen atoms in total. The molecule has 2 rings (SSSR count). The van der Waals surface area contributed by atoms with Gasteiger partial charge in [-0.15, -0.1) is 10.2 Å². The summed E-state index contributed by atoms with van der Waals surface area (Å²) < 4.78 is 20.7. The maximum atomic E-state index is 11.3. The Kier molecular flexibility index (Phi) is 6.21. The fourth-order valence-electron chi connectivity index (χ4n) is 2.04. The van der Waals surface area contributed by atoms with Crippen molar-refractivity contribution in [2.24, 2.45) is 0 Å². The van der Waals surface area contributed by atoms with Gasteiger partial charge in [-0.3, -0.25) is 5.32 Å². The second-order valence-electron chi connectivity index (χ2n) is 4.69. The Morgan fingerprint density at radius 2 is 1.60 bits per heavy atom. The molecular formula is C16H20N4O5. The number of hydrogen-bond acceptors (Lipinski definition) is 8. The Labute approximate surface area is 145 Å². The quantitative estimate of drug-likeness (QED) is 0.787. The van der Waals surface area contributed by atoms with Gasteiger partial charge in [0.25, 0.3) is 0 Å². The van der Waals surface area contributed by atoms with Gasteiger partial charge < -0.3 is 24.3 Å². The largest absolute Gasteiger partial charge is 0.493 e. The summed E-state index contributed by atoms with van der Waals surface area (Å²) in [6.07, 6.45) is -0.581. The van der Waals surface area contributed by atoms with Gasteiger partial charge in [-0.1, -0.05) is 0 Å². The zero-order chi connectivity index (χ0) is 18.2. The first-order valence-electron chi connectivity index (χ1n) is 7.45. The topological polar surface area (TPSA) is 104 Å². The minimum Gasteiger partial charge on any atom is -0.493 e. The van der Waals surface area contributed by atoms with E-state index in [1.165, 1.54) is 21.3 Å². The molecule has 25 heavy (non-hydrogen) atoms. The van der Waals surface area contributed by atoms with Crippen molar-refractivity contribution in [3.05, 3.63) is 24.3 Å². The molecule has 0 aliphatic heterocycles. The highest BCUT2D eigenvalue weighted by Crippen LogP contribution is 2.40. The van der Waals surface area contributed by atoms with Crippen LogP contribution in [0.5, 0.6) is 17.2 Å². The number of nitrogens with zero attached hydrogens (tertiary/aromatic N) is 2. The molecule has 134 valence electrons. The molecule has 0 bridgehead atoms. The molecule has 2 aromatic rings. The van der Waals surface area contributed by atoms with Crippen molar-refractivity contribution in [3.63, 3.8) is 0 Å². The van der Waals surface area contributed by atoms with Crippen LogP contribution in [0.2, 0.25) is 0 Å². The number of aromatic nitrogens is 2. The van der Waals surface area contributed by atoms with Crippen molar-refractivity contribution in [1.82, 2.24) is 10.2 Å². The van der Waals surface area contributed by atoms with E-state index in [2.05, 4.69) is 20.8 Å². The molecule has 1 heterocycles. The van der Waals surface area contributed by atoms with E-state index in [1.54, 1.807) is 31.2 Å². The van der Waals surface area contributed by atoms with E-state index in [-0.39, 0.29) is 12.4 Å². The number of anilines is 3. The lowest BCUT2D eigenvalue weighted by atomic mass is 10.2. The standard InChI is InChI=1S/C16H20N4O5/c1-5-25-16(21)18-14-7-6-13(19-20-14)17-10-8-11(22-2)15(24-4)12(9-10)23-3/h6-9H,5H2,1-4H3,(H,17,19)(H,18,20,21). The zero-order valence-electron chi connectivity index (χ0n) is 14.5. The third-order valence-electron chi connectivity index (χ3n) is 3.11. The van der Waals surface area contributed by atoms with Crippen molar-refractivity contribution >= 4 is 23.4 Å². The molecule has 0 radical (unpaired) electrons. The Bertz CT molecular complexity index is 696. The average Bonchev–Trinajstić information content (AvgIpc) is 2.62.